The largest absolute Gasteiger partial charge is 0.157 e. The van der Waals surface area contributed by atoms with Crippen molar-refractivity contribution in [1.82, 2.24) is 0 Å². The van der Waals surface area contributed by atoms with Gasteiger partial charge in [-0.15, -0.1) is 0 Å². The van der Waals surface area contributed by atoms with Crippen LogP contribution in [0, 0.1) is 0 Å². The second kappa shape index (κ2) is 3.82. The minimum Gasteiger partial charge on any atom is -0.0616 e. The van der Waals surface area contributed by atoms with Gasteiger partial charge in [0.15, 0.2) is 4.90 Å². The predicted octanol–water partition coefficient (Wildman–Crippen LogP) is 2.49. The molecule has 0 saturated heterocycles. The standard InChI is InChI=1S/C10H15S/c1-4-9-7-5-6-8-10(9)11(2)3/h5-8H,4H2,1-3H3/q+1. The van der Waals surface area contributed by atoms with Gasteiger partial charge < -0.3 is 0 Å². The van der Waals surface area contributed by atoms with Gasteiger partial charge in [-0.1, -0.05) is 25.1 Å². The maximum absolute atomic E-state index is 2.27. The SMILES string of the molecule is CCc1ccccc1[S+](C)C. The van der Waals surface area contributed by atoms with Gasteiger partial charge in [-0.25, -0.2) is 0 Å². The first-order valence-electron chi connectivity index (χ1n) is 3.91. The van der Waals surface area contributed by atoms with Gasteiger partial charge in [0, 0.05) is 16.5 Å². The molecule has 1 heteroatoms. The molecule has 0 aliphatic carbocycles. The Bertz CT molecular complexity index is 228. The highest BCUT2D eigenvalue weighted by Crippen LogP contribution is 2.15. The van der Waals surface area contributed by atoms with Gasteiger partial charge in [-0.05, 0) is 12.5 Å². The fourth-order valence-electron chi connectivity index (χ4n) is 1.19. The lowest BCUT2D eigenvalue weighted by Crippen LogP contribution is -1.99. The molecule has 0 aliphatic heterocycles. The highest BCUT2D eigenvalue weighted by molar-refractivity contribution is 7.95. The van der Waals surface area contributed by atoms with Crippen LogP contribution in [0.25, 0.3) is 0 Å². The number of hydrogen-bond donors (Lipinski definition) is 0. The van der Waals surface area contributed by atoms with E-state index in [0.717, 1.165) is 6.42 Å². The molecule has 0 saturated carbocycles. The lowest BCUT2D eigenvalue weighted by atomic mass is 10.2. The Hall–Kier alpha value is -0.430. The molecule has 11 heavy (non-hydrogen) atoms. The van der Waals surface area contributed by atoms with Crippen molar-refractivity contribution in [2.75, 3.05) is 12.5 Å². The Morgan fingerprint density at radius 3 is 2.27 bits per heavy atom. The lowest BCUT2D eigenvalue weighted by molar-refractivity contribution is 1.08. The first-order chi connectivity index (χ1) is 5.25. The fraction of sp³-hybridized carbons (Fsp3) is 0.400. The van der Waals surface area contributed by atoms with Crippen LogP contribution in [0.5, 0.6) is 0 Å². The topological polar surface area (TPSA) is 0 Å². The van der Waals surface area contributed by atoms with Crippen molar-refractivity contribution in [1.29, 1.82) is 0 Å². The fourth-order valence-corrected chi connectivity index (χ4v) is 2.28. The summed E-state index contributed by atoms with van der Waals surface area (Å²) in [4.78, 5) is 1.52. The van der Waals surface area contributed by atoms with Crippen molar-refractivity contribution < 1.29 is 0 Å². The van der Waals surface area contributed by atoms with E-state index in [2.05, 4.69) is 43.7 Å². The molecule has 0 unspecified atom stereocenters. The van der Waals surface area contributed by atoms with Crippen molar-refractivity contribution in [2.45, 2.75) is 18.2 Å². The van der Waals surface area contributed by atoms with E-state index in [-0.39, 0.29) is 0 Å². The van der Waals surface area contributed by atoms with E-state index in [1.165, 1.54) is 10.5 Å². The van der Waals surface area contributed by atoms with Gasteiger partial charge in [-0.3, -0.25) is 0 Å². The van der Waals surface area contributed by atoms with Gasteiger partial charge in [0.1, 0.15) is 12.5 Å². The summed E-state index contributed by atoms with van der Waals surface area (Å²) >= 11 is 0. The molecule has 1 aromatic rings. The molecular formula is C10H15S+. The van der Waals surface area contributed by atoms with Crippen LogP contribution in [0.15, 0.2) is 29.2 Å². The van der Waals surface area contributed by atoms with Crippen LogP contribution in [0.4, 0.5) is 0 Å². The molecule has 0 aromatic heterocycles. The van der Waals surface area contributed by atoms with E-state index >= 15 is 0 Å². The summed E-state index contributed by atoms with van der Waals surface area (Å²) in [6.45, 7) is 2.21. The quantitative estimate of drug-likeness (QED) is 0.594. The Morgan fingerprint density at radius 2 is 1.82 bits per heavy atom. The molecule has 60 valence electrons. The van der Waals surface area contributed by atoms with Crippen LogP contribution >= 0.6 is 0 Å². The van der Waals surface area contributed by atoms with Crippen LogP contribution < -0.4 is 0 Å². The van der Waals surface area contributed by atoms with Crippen molar-refractivity contribution in [3.8, 4) is 0 Å². The molecule has 0 amide bonds. The summed E-state index contributed by atoms with van der Waals surface area (Å²) in [7, 11) is 0.410. The van der Waals surface area contributed by atoms with Gasteiger partial charge in [-0.2, -0.15) is 0 Å². The molecule has 0 N–H and O–H groups in total. The van der Waals surface area contributed by atoms with Crippen molar-refractivity contribution in [2.24, 2.45) is 0 Å². The molecule has 1 aromatic carbocycles. The average Bonchev–Trinajstić information content (AvgIpc) is 2.04. The van der Waals surface area contributed by atoms with Crippen LogP contribution in [0.2, 0.25) is 0 Å². The summed E-state index contributed by atoms with van der Waals surface area (Å²) in [6, 6.07) is 8.71. The van der Waals surface area contributed by atoms with Crippen LogP contribution in [-0.4, -0.2) is 12.5 Å². The number of hydrogen-bond acceptors (Lipinski definition) is 0. The first-order valence-corrected chi connectivity index (χ1v) is 5.95. The third-order valence-electron chi connectivity index (χ3n) is 1.79. The summed E-state index contributed by atoms with van der Waals surface area (Å²) in [5, 5.41) is 0. The lowest BCUT2D eigenvalue weighted by Gasteiger charge is -2.01. The molecule has 0 fully saturated rings. The molecule has 0 atom stereocenters. The number of rotatable bonds is 2. The minimum absolute atomic E-state index is 0.410. The molecule has 0 bridgehead atoms. The van der Waals surface area contributed by atoms with Gasteiger partial charge in [0.2, 0.25) is 0 Å². The van der Waals surface area contributed by atoms with Crippen molar-refractivity contribution in [3.63, 3.8) is 0 Å². The van der Waals surface area contributed by atoms with E-state index < -0.39 is 0 Å². The second-order valence-electron chi connectivity index (χ2n) is 2.78. The maximum atomic E-state index is 2.27. The Labute approximate surface area is 72.0 Å². The first kappa shape index (κ1) is 8.66. The van der Waals surface area contributed by atoms with E-state index in [1.54, 1.807) is 0 Å². The molecule has 0 aliphatic rings. The zero-order valence-corrected chi connectivity index (χ0v) is 8.24. The smallest absolute Gasteiger partial charge is 0.0616 e. The summed E-state index contributed by atoms with van der Waals surface area (Å²) in [6.07, 6.45) is 5.70. The molecule has 1 rings (SSSR count). The van der Waals surface area contributed by atoms with Gasteiger partial charge >= 0.3 is 0 Å². The molecule has 0 radical (unpaired) electrons. The van der Waals surface area contributed by atoms with Crippen LogP contribution in [0.3, 0.4) is 0 Å². The normalized spacial score (nSPS) is 10.5. The highest BCUT2D eigenvalue weighted by Gasteiger charge is 2.11. The summed E-state index contributed by atoms with van der Waals surface area (Å²) < 4.78 is 0. The van der Waals surface area contributed by atoms with Gasteiger partial charge in [0.25, 0.3) is 0 Å². The third kappa shape index (κ3) is 2.00. The average molecular weight is 167 g/mol. The highest BCUT2D eigenvalue weighted by atomic mass is 32.2. The Kier molecular flexibility index (Phi) is 3.01. The zero-order chi connectivity index (χ0) is 8.27. The zero-order valence-electron chi connectivity index (χ0n) is 7.42. The van der Waals surface area contributed by atoms with E-state index in [9.17, 15) is 0 Å². The number of benzene rings is 1. The Morgan fingerprint density at radius 1 is 1.18 bits per heavy atom. The summed E-state index contributed by atoms with van der Waals surface area (Å²) in [5.74, 6) is 0. The number of aryl methyl sites for hydroxylation is 1. The van der Waals surface area contributed by atoms with Crippen LogP contribution in [-0.2, 0) is 17.3 Å². The molecule has 0 spiro atoms. The monoisotopic (exact) mass is 167 g/mol. The molecule has 0 nitrogen and oxygen atoms in total. The van der Waals surface area contributed by atoms with E-state index in [4.69, 9.17) is 0 Å². The third-order valence-corrected chi connectivity index (χ3v) is 3.07. The Balaban J connectivity index is 3.02. The molecular weight excluding hydrogens is 152 g/mol. The molecule has 0 heterocycles. The van der Waals surface area contributed by atoms with E-state index in [1.807, 2.05) is 0 Å². The minimum atomic E-state index is 0.410. The van der Waals surface area contributed by atoms with Crippen molar-refractivity contribution >= 4 is 10.9 Å². The summed E-state index contributed by atoms with van der Waals surface area (Å²) in [5.41, 5.74) is 1.50. The van der Waals surface area contributed by atoms with Crippen LogP contribution in [0.1, 0.15) is 12.5 Å². The van der Waals surface area contributed by atoms with E-state index in [0.29, 0.717) is 10.9 Å². The van der Waals surface area contributed by atoms with Crippen molar-refractivity contribution in [3.05, 3.63) is 29.8 Å². The maximum Gasteiger partial charge on any atom is 0.157 e. The van der Waals surface area contributed by atoms with Gasteiger partial charge in [0.05, 0.1) is 0 Å². The second-order valence-corrected chi connectivity index (χ2v) is 4.85. The predicted molar refractivity (Wildman–Crippen MR) is 53.3 cm³/mol.